The number of methoxy groups -OCH3 is 1. The first-order valence-corrected chi connectivity index (χ1v) is 6.82. The average molecular weight is 263 g/mol. The lowest BCUT2D eigenvalue weighted by molar-refractivity contribution is 0.0668. The summed E-state index contributed by atoms with van der Waals surface area (Å²) in [6, 6.07) is 4.76. The van der Waals surface area contributed by atoms with E-state index in [0.29, 0.717) is 17.2 Å². The second-order valence-corrected chi connectivity index (χ2v) is 5.05. The second kappa shape index (κ2) is 5.95. The average Bonchev–Trinajstić information content (AvgIpc) is 2.47. The Morgan fingerprint density at radius 2 is 2.32 bits per heavy atom. The minimum Gasteiger partial charge on any atom is -0.507 e. The molecule has 1 heterocycles. The number of carbonyl (C=O) groups is 1. The highest BCUT2D eigenvalue weighted by atomic mass is 16.5. The summed E-state index contributed by atoms with van der Waals surface area (Å²) >= 11 is 0. The van der Waals surface area contributed by atoms with Crippen molar-refractivity contribution in [2.24, 2.45) is 5.92 Å². The highest BCUT2D eigenvalue weighted by molar-refractivity contribution is 5.97. The molecule has 1 saturated heterocycles. The summed E-state index contributed by atoms with van der Waals surface area (Å²) in [5.41, 5.74) is 0.330. The van der Waals surface area contributed by atoms with Gasteiger partial charge in [-0.25, -0.2) is 0 Å². The number of rotatable bonds is 3. The molecule has 0 aliphatic carbocycles. The van der Waals surface area contributed by atoms with E-state index in [9.17, 15) is 9.90 Å². The molecule has 1 aromatic rings. The molecule has 0 aromatic heterocycles. The van der Waals surface area contributed by atoms with Gasteiger partial charge in [-0.3, -0.25) is 4.79 Å². The number of hydrogen-bond acceptors (Lipinski definition) is 3. The van der Waals surface area contributed by atoms with Gasteiger partial charge < -0.3 is 14.7 Å². The fourth-order valence-electron chi connectivity index (χ4n) is 2.57. The number of nitrogens with zero attached hydrogens (tertiary/aromatic N) is 1. The first-order valence-electron chi connectivity index (χ1n) is 6.82. The van der Waals surface area contributed by atoms with Crippen LogP contribution in [0.4, 0.5) is 0 Å². The first-order chi connectivity index (χ1) is 9.15. The van der Waals surface area contributed by atoms with E-state index in [1.807, 2.05) is 4.90 Å². The Balaban J connectivity index is 2.18. The molecule has 0 spiro atoms. The zero-order valence-electron chi connectivity index (χ0n) is 11.6. The van der Waals surface area contributed by atoms with Gasteiger partial charge in [0.1, 0.15) is 11.5 Å². The van der Waals surface area contributed by atoms with Gasteiger partial charge in [0.2, 0.25) is 0 Å². The molecule has 19 heavy (non-hydrogen) atoms. The standard InChI is InChI=1S/C15H21NO3/c1-3-11-5-4-8-16(10-11)15(18)13-9-12(19-2)6-7-14(13)17/h6-7,9,11,17H,3-5,8,10H2,1-2H3. The molecule has 0 radical (unpaired) electrons. The number of carbonyl (C=O) groups excluding carboxylic acids is 1. The van der Waals surface area contributed by atoms with Crippen LogP contribution in [0.3, 0.4) is 0 Å². The van der Waals surface area contributed by atoms with Gasteiger partial charge in [-0.15, -0.1) is 0 Å². The number of benzene rings is 1. The van der Waals surface area contributed by atoms with E-state index in [0.717, 1.165) is 25.9 Å². The molecule has 4 nitrogen and oxygen atoms in total. The zero-order valence-corrected chi connectivity index (χ0v) is 11.6. The van der Waals surface area contributed by atoms with Gasteiger partial charge in [-0.2, -0.15) is 0 Å². The predicted molar refractivity (Wildman–Crippen MR) is 73.6 cm³/mol. The van der Waals surface area contributed by atoms with Crippen LogP contribution in [0.1, 0.15) is 36.5 Å². The number of aromatic hydroxyl groups is 1. The van der Waals surface area contributed by atoms with Crippen LogP contribution in [-0.4, -0.2) is 36.1 Å². The minimum atomic E-state index is -0.102. The van der Waals surface area contributed by atoms with E-state index in [2.05, 4.69) is 6.92 Å². The van der Waals surface area contributed by atoms with E-state index >= 15 is 0 Å². The van der Waals surface area contributed by atoms with E-state index < -0.39 is 0 Å². The highest BCUT2D eigenvalue weighted by Gasteiger charge is 2.25. The molecule has 1 N–H and O–H groups in total. The molecule has 2 rings (SSSR count). The highest BCUT2D eigenvalue weighted by Crippen LogP contribution is 2.27. The van der Waals surface area contributed by atoms with Crippen molar-refractivity contribution in [3.05, 3.63) is 23.8 Å². The lowest BCUT2D eigenvalue weighted by atomic mass is 9.95. The van der Waals surface area contributed by atoms with Crippen LogP contribution in [0.25, 0.3) is 0 Å². The fraction of sp³-hybridized carbons (Fsp3) is 0.533. The monoisotopic (exact) mass is 263 g/mol. The molecule has 1 unspecified atom stereocenters. The Bertz CT molecular complexity index is 459. The van der Waals surface area contributed by atoms with Crippen molar-refractivity contribution < 1.29 is 14.6 Å². The summed E-state index contributed by atoms with van der Waals surface area (Å²) in [5.74, 6) is 1.08. The van der Waals surface area contributed by atoms with Gasteiger partial charge >= 0.3 is 0 Å². The van der Waals surface area contributed by atoms with Crippen LogP contribution < -0.4 is 4.74 Å². The van der Waals surface area contributed by atoms with Gasteiger partial charge in [-0.05, 0) is 37.0 Å². The van der Waals surface area contributed by atoms with Crippen molar-refractivity contribution in [2.75, 3.05) is 20.2 Å². The molecule has 1 aliphatic rings. The maximum atomic E-state index is 12.5. The molecular weight excluding hydrogens is 242 g/mol. The van der Waals surface area contributed by atoms with Crippen molar-refractivity contribution in [3.63, 3.8) is 0 Å². The zero-order chi connectivity index (χ0) is 13.8. The number of piperidine rings is 1. The normalized spacial score (nSPS) is 19.3. The van der Waals surface area contributed by atoms with Gasteiger partial charge in [0.15, 0.2) is 0 Å². The molecule has 1 aromatic carbocycles. The molecule has 0 saturated carbocycles. The van der Waals surface area contributed by atoms with Crippen molar-refractivity contribution >= 4 is 5.91 Å². The van der Waals surface area contributed by atoms with E-state index in [1.165, 1.54) is 12.5 Å². The topological polar surface area (TPSA) is 49.8 Å². The summed E-state index contributed by atoms with van der Waals surface area (Å²) < 4.78 is 5.11. The van der Waals surface area contributed by atoms with Gasteiger partial charge in [0.25, 0.3) is 5.91 Å². The Hall–Kier alpha value is -1.71. The van der Waals surface area contributed by atoms with Crippen LogP contribution in [0.5, 0.6) is 11.5 Å². The van der Waals surface area contributed by atoms with Crippen LogP contribution in [0.15, 0.2) is 18.2 Å². The summed E-state index contributed by atoms with van der Waals surface area (Å²) in [5, 5.41) is 9.85. The van der Waals surface area contributed by atoms with Crippen molar-refractivity contribution in [1.29, 1.82) is 0 Å². The first kappa shape index (κ1) is 13.7. The summed E-state index contributed by atoms with van der Waals surface area (Å²) in [6.45, 7) is 3.71. The lowest BCUT2D eigenvalue weighted by Gasteiger charge is -2.32. The number of amides is 1. The van der Waals surface area contributed by atoms with Crippen LogP contribution in [-0.2, 0) is 0 Å². The maximum Gasteiger partial charge on any atom is 0.257 e. The number of likely N-dealkylation sites (tertiary alicyclic amines) is 1. The maximum absolute atomic E-state index is 12.5. The summed E-state index contributed by atoms with van der Waals surface area (Å²) in [6.07, 6.45) is 3.31. The number of phenolic OH excluding ortho intramolecular Hbond substituents is 1. The lowest BCUT2D eigenvalue weighted by Crippen LogP contribution is -2.39. The van der Waals surface area contributed by atoms with Crippen molar-refractivity contribution in [3.8, 4) is 11.5 Å². The molecule has 1 fully saturated rings. The van der Waals surface area contributed by atoms with Gasteiger partial charge in [-0.1, -0.05) is 13.3 Å². The van der Waals surface area contributed by atoms with Crippen LogP contribution in [0.2, 0.25) is 0 Å². The predicted octanol–water partition coefficient (Wildman–Crippen LogP) is 2.66. The third-order valence-corrected chi connectivity index (χ3v) is 3.82. The van der Waals surface area contributed by atoms with Crippen molar-refractivity contribution in [1.82, 2.24) is 4.90 Å². The molecule has 4 heteroatoms. The number of hydrogen-bond donors (Lipinski definition) is 1. The Kier molecular flexibility index (Phi) is 4.30. The van der Waals surface area contributed by atoms with E-state index in [4.69, 9.17) is 4.74 Å². The Morgan fingerprint density at radius 3 is 3.00 bits per heavy atom. The number of ether oxygens (including phenoxy) is 1. The molecule has 104 valence electrons. The SMILES string of the molecule is CCC1CCCN(C(=O)c2cc(OC)ccc2O)C1. The Morgan fingerprint density at radius 1 is 1.53 bits per heavy atom. The third kappa shape index (κ3) is 3.00. The van der Waals surface area contributed by atoms with Gasteiger partial charge in [0.05, 0.1) is 12.7 Å². The fourth-order valence-corrected chi connectivity index (χ4v) is 2.57. The summed E-state index contributed by atoms with van der Waals surface area (Å²) in [4.78, 5) is 14.3. The second-order valence-electron chi connectivity index (χ2n) is 5.05. The smallest absolute Gasteiger partial charge is 0.257 e. The van der Waals surface area contributed by atoms with E-state index in [-0.39, 0.29) is 11.7 Å². The van der Waals surface area contributed by atoms with Gasteiger partial charge in [0, 0.05) is 13.1 Å². The van der Waals surface area contributed by atoms with Crippen molar-refractivity contribution in [2.45, 2.75) is 26.2 Å². The quantitative estimate of drug-likeness (QED) is 0.912. The minimum absolute atomic E-state index is 0.0180. The molecule has 0 bridgehead atoms. The summed E-state index contributed by atoms with van der Waals surface area (Å²) in [7, 11) is 1.55. The number of phenols is 1. The van der Waals surface area contributed by atoms with Crippen LogP contribution in [0, 0.1) is 5.92 Å². The Labute approximate surface area is 114 Å². The third-order valence-electron chi connectivity index (χ3n) is 3.82. The largest absolute Gasteiger partial charge is 0.507 e. The van der Waals surface area contributed by atoms with Crippen LogP contribution >= 0.6 is 0 Å². The molecule has 1 aliphatic heterocycles. The van der Waals surface area contributed by atoms with E-state index in [1.54, 1.807) is 19.2 Å². The molecule has 1 atom stereocenters. The molecular formula is C15H21NO3. The molecule has 1 amide bonds.